The summed E-state index contributed by atoms with van der Waals surface area (Å²) in [7, 11) is 0. The minimum atomic E-state index is -0.324. The van der Waals surface area contributed by atoms with E-state index in [9.17, 15) is 5.11 Å². The molecule has 0 radical (unpaired) electrons. The largest absolute Gasteiger partial charge is 0.449 e. The summed E-state index contributed by atoms with van der Waals surface area (Å²) in [5.41, 5.74) is 5.31. The van der Waals surface area contributed by atoms with Gasteiger partial charge in [0, 0.05) is 5.75 Å². The minimum absolute atomic E-state index is 0.324. The molecule has 0 fully saturated rings. The molecule has 1 aromatic rings. The second-order valence-electron chi connectivity index (χ2n) is 2.95. The fourth-order valence-electron chi connectivity index (χ4n) is 1.00. The van der Waals surface area contributed by atoms with E-state index in [1.165, 1.54) is 0 Å². The molecule has 14 heavy (non-hydrogen) atoms. The number of hydrogen-bond donors (Lipinski definition) is 2. The molecule has 80 valence electrons. The van der Waals surface area contributed by atoms with Crippen LogP contribution in [-0.2, 0) is 5.75 Å². The van der Waals surface area contributed by atoms with Crippen molar-refractivity contribution >= 4 is 23.4 Å². The highest BCUT2D eigenvalue weighted by molar-refractivity contribution is 7.98. The third-order valence-corrected chi connectivity index (χ3v) is 3.00. The van der Waals surface area contributed by atoms with Crippen molar-refractivity contribution in [2.24, 2.45) is 5.73 Å². The number of thioether (sulfide) groups is 1. The van der Waals surface area contributed by atoms with Crippen molar-refractivity contribution in [2.45, 2.75) is 18.3 Å². The van der Waals surface area contributed by atoms with Gasteiger partial charge in [-0.3, -0.25) is 0 Å². The fraction of sp³-hybridized carbons (Fsp3) is 0.556. The first-order valence-corrected chi connectivity index (χ1v) is 5.95. The topological polar surface area (TPSA) is 59.4 Å². The van der Waals surface area contributed by atoms with E-state index in [0.717, 1.165) is 11.5 Å². The van der Waals surface area contributed by atoms with Crippen LogP contribution in [0.2, 0.25) is 5.22 Å². The molecule has 0 aliphatic rings. The zero-order valence-corrected chi connectivity index (χ0v) is 9.35. The van der Waals surface area contributed by atoms with Crippen molar-refractivity contribution in [2.75, 3.05) is 12.3 Å². The summed E-state index contributed by atoms with van der Waals surface area (Å²) in [6.07, 6.45) is 0.321. The average Bonchev–Trinajstić information content (AvgIpc) is 2.52. The van der Waals surface area contributed by atoms with Crippen molar-refractivity contribution in [1.29, 1.82) is 0 Å². The predicted octanol–water partition coefficient (Wildman–Crippen LogP) is 1.88. The summed E-state index contributed by atoms with van der Waals surface area (Å²) in [5.74, 6) is 2.24. The SMILES string of the molecule is NCCC(O)CSCc1ccc(Cl)o1. The fourth-order valence-corrected chi connectivity index (χ4v) is 2.08. The van der Waals surface area contributed by atoms with Gasteiger partial charge in [-0.2, -0.15) is 11.8 Å². The van der Waals surface area contributed by atoms with E-state index in [1.54, 1.807) is 17.8 Å². The Bertz CT molecular complexity index is 267. The first kappa shape index (κ1) is 11.9. The third-order valence-electron chi connectivity index (χ3n) is 1.68. The molecule has 3 nitrogen and oxygen atoms in total. The molecule has 0 aliphatic heterocycles. The van der Waals surface area contributed by atoms with E-state index in [1.807, 2.05) is 6.07 Å². The van der Waals surface area contributed by atoms with Crippen LogP contribution in [0.25, 0.3) is 0 Å². The Morgan fingerprint density at radius 2 is 2.36 bits per heavy atom. The summed E-state index contributed by atoms with van der Waals surface area (Å²) in [4.78, 5) is 0. The second kappa shape index (κ2) is 6.35. The molecule has 0 amide bonds. The lowest BCUT2D eigenvalue weighted by molar-refractivity contribution is 0.192. The van der Waals surface area contributed by atoms with Gasteiger partial charge in [0.15, 0.2) is 5.22 Å². The number of nitrogens with two attached hydrogens (primary N) is 1. The lowest BCUT2D eigenvalue weighted by Gasteiger charge is -2.07. The predicted molar refractivity (Wildman–Crippen MR) is 59.6 cm³/mol. The van der Waals surface area contributed by atoms with Gasteiger partial charge in [-0.15, -0.1) is 0 Å². The summed E-state index contributed by atoms with van der Waals surface area (Å²) >= 11 is 7.22. The number of halogens is 1. The Labute approximate surface area is 92.6 Å². The number of aliphatic hydroxyl groups is 1. The van der Waals surface area contributed by atoms with Gasteiger partial charge in [0.05, 0.1) is 11.9 Å². The third kappa shape index (κ3) is 4.37. The Hall–Kier alpha value is -0.160. The monoisotopic (exact) mass is 235 g/mol. The van der Waals surface area contributed by atoms with Crippen molar-refractivity contribution in [3.8, 4) is 0 Å². The first-order valence-electron chi connectivity index (χ1n) is 4.42. The van der Waals surface area contributed by atoms with Crippen molar-refractivity contribution < 1.29 is 9.52 Å². The highest BCUT2D eigenvalue weighted by Gasteiger charge is 2.04. The highest BCUT2D eigenvalue weighted by Crippen LogP contribution is 2.19. The number of rotatable bonds is 6. The maximum absolute atomic E-state index is 9.37. The summed E-state index contributed by atoms with van der Waals surface area (Å²) in [5, 5.41) is 9.78. The molecule has 0 saturated carbocycles. The van der Waals surface area contributed by atoms with Crippen LogP contribution in [0.1, 0.15) is 12.2 Å². The molecule has 1 heterocycles. The molecule has 1 rings (SSSR count). The number of aliphatic hydroxyl groups excluding tert-OH is 1. The lowest BCUT2D eigenvalue weighted by atomic mass is 10.3. The Kier molecular flexibility index (Phi) is 5.40. The Morgan fingerprint density at radius 3 is 2.93 bits per heavy atom. The van der Waals surface area contributed by atoms with Crippen LogP contribution in [0.3, 0.4) is 0 Å². The molecule has 0 saturated heterocycles. The van der Waals surface area contributed by atoms with Crippen molar-refractivity contribution in [1.82, 2.24) is 0 Å². The molecular weight excluding hydrogens is 222 g/mol. The van der Waals surface area contributed by atoms with Crippen LogP contribution >= 0.6 is 23.4 Å². The van der Waals surface area contributed by atoms with Gasteiger partial charge in [-0.05, 0) is 36.7 Å². The van der Waals surface area contributed by atoms with E-state index in [-0.39, 0.29) is 6.10 Å². The number of hydrogen-bond acceptors (Lipinski definition) is 4. The van der Waals surface area contributed by atoms with Crippen LogP contribution in [0.4, 0.5) is 0 Å². The molecule has 0 aliphatic carbocycles. The zero-order valence-electron chi connectivity index (χ0n) is 7.78. The van der Waals surface area contributed by atoms with Crippen LogP contribution in [0, 0.1) is 0 Å². The van der Waals surface area contributed by atoms with Crippen molar-refractivity contribution in [3.63, 3.8) is 0 Å². The molecule has 0 bridgehead atoms. The Morgan fingerprint density at radius 1 is 1.57 bits per heavy atom. The van der Waals surface area contributed by atoms with Gasteiger partial charge >= 0.3 is 0 Å². The maximum Gasteiger partial charge on any atom is 0.193 e. The molecule has 1 unspecified atom stereocenters. The minimum Gasteiger partial charge on any atom is -0.449 e. The lowest BCUT2D eigenvalue weighted by Crippen LogP contribution is -2.15. The molecule has 3 N–H and O–H groups in total. The van der Waals surface area contributed by atoms with Crippen LogP contribution in [0.15, 0.2) is 16.5 Å². The van der Waals surface area contributed by atoms with E-state index in [2.05, 4.69) is 0 Å². The Balaban J connectivity index is 2.15. The van der Waals surface area contributed by atoms with Crippen LogP contribution < -0.4 is 5.73 Å². The van der Waals surface area contributed by atoms with E-state index in [4.69, 9.17) is 21.8 Å². The summed E-state index contributed by atoms with van der Waals surface area (Å²) < 4.78 is 5.16. The van der Waals surface area contributed by atoms with Crippen LogP contribution in [-0.4, -0.2) is 23.5 Å². The molecule has 1 aromatic heterocycles. The molecular formula is C9H14ClNO2S. The normalized spacial score (nSPS) is 13.1. The molecule has 0 aromatic carbocycles. The molecule has 5 heteroatoms. The molecule has 0 spiro atoms. The van der Waals surface area contributed by atoms with Gasteiger partial charge < -0.3 is 15.3 Å². The number of furan rings is 1. The quantitative estimate of drug-likeness (QED) is 0.791. The smallest absolute Gasteiger partial charge is 0.193 e. The van der Waals surface area contributed by atoms with Crippen LogP contribution in [0.5, 0.6) is 0 Å². The van der Waals surface area contributed by atoms with Crippen molar-refractivity contribution in [3.05, 3.63) is 23.1 Å². The van der Waals surface area contributed by atoms with E-state index < -0.39 is 0 Å². The van der Waals surface area contributed by atoms with E-state index in [0.29, 0.717) is 23.9 Å². The maximum atomic E-state index is 9.37. The first-order chi connectivity index (χ1) is 6.72. The summed E-state index contributed by atoms with van der Waals surface area (Å²) in [6.45, 7) is 0.522. The van der Waals surface area contributed by atoms with E-state index >= 15 is 0 Å². The van der Waals surface area contributed by atoms with Gasteiger partial charge in [-0.1, -0.05) is 0 Å². The van der Waals surface area contributed by atoms with Gasteiger partial charge in [-0.25, -0.2) is 0 Å². The average molecular weight is 236 g/mol. The molecule has 1 atom stereocenters. The van der Waals surface area contributed by atoms with Gasteiger partial charge in [0.25, 0.3) is 0 Å². The zero-order chi connectivity index (χ0) is 10.4. The van der Waals surface area contributed by atoms with Gasteiger partial charge in [0.2, 0.25) is 0 Å². The second-order valence-corrected chi connectivity index (χ2v) is 4.35. The van der Waals surface area contributed by atoms with Gasteiger partial charge in [0.1, 0.15) is 5.76 Å². The standard InChI is InChI=1S/C9H14ClNO2S/c10-9-2-1-8(13-9)6-14-5-7(12)3-4-11/h1-2,7,12H,3-6,11H2. The summed E-state index contributed by atoms with van der Waals surface area (Å²) in [6, 6.07) is 3.55. The highest BCUT2D eigenvalue weighted by atomic mass is 35.5.